The maximum Gasteiger partial charge on any atom is 0.146 e. The Labute approximate surface area is 85.8 Å². The number of nitrogens with two attached hydrogens (primary N) is 1. The summed E-state index contributed by atoms with van der Waals surface area (Å²) in [6.07, 6.45) is 0. The van der Waals surface area contributed by atoms with Gasteiger partial charge in [-0.2, -0.15) is 0 Å². The molecule has 0 fully saturated rings. The van der Waals surface area contributed by atoms with Gasteiger partial charge in [0.25, 0.3) is 0 Å². The summed E-state index contributed by atoms with van der Waals surface area (Å²) in [7, 11) is 0. The first-order chi connectivity index (χ1) is 7.16. The van der Waals surface area contributed by atoms with Crippen molar-refractivity contribution in [1.82, 2.24) is 10.2 Å². The molecule has 1 aromatic heterocycles. The summed E-state index contributed by atoms with van der Waals surface area (Å²) in [6.45, 7) is 0. The molecule has 1 heterocycles. The lowest BCUT2D eigenvalue weighted by atomic mass is 10.1. The van der Waals surface area contributed by atoms with Crippen LogP contribution in [0.5, 0.6) is 11.5 Å². The minimum Gasteiger partial charge on any atom is -0.508 e. The standard InChI is InChI=1S/C10H9N3O2/c11-10-4-2-8(12-13-10)7-5-6(14)1-3-9(7)15/h1-5,14-15H,(H2,11,13). The van der Waals surface area contributed by atoms with Crippen molar-refractivity contribution in [2.75, 3.05) is 5.73 Å². The van der Waals surface area contributed by atoms with E-state index in [9.17, 15) is 10.2 Å². The molecule has 2 rings (SSSR count). The van der Waals surface area contributed by atoms with Gasteiger partial charge in [0.05, 0.1) is 5.69 Å². The van der Waals surface area contributed by atoms with E-state index in [0.29, 0.717) is 17.1 Å². The van der Waals surface area contributed by atoms with Crippen LogP contribution in [0.3, 0.4) is 0 Å². The van der Waals surface area contributed by atoms with Gasteiger partial charge in [-0.25, -0.2) is 0 Å². The Kier molecular flexibility index (Phi) is 2.13. The zero-order chi connectivity index (χ0) is 10.8. The van der Waals surface area contributed by atoms with Crippen LogP contribution in [-0.2, 0) is 0 Å². The lowest BCUT2D eigenvalue weighted by Gasteiger charge is -2.03. The number of aromatic nitrogens is 2. The van der Waals surface area contributed by atoms with E-state index < -0.39 is 0 Å². The molecule has 0 saturated heterocycles. The summed E-state index contributed by atoms with van der Waals surface area (Å²) >= 11 is 0. The number of hydrogen-bond acceptors (Lipinski definition) is 5. The lowest BCUT2D eigenvalue weighted by molar-refractivity contribution is 0.461. The number of benzene rings is 1. The molecule has 0 bridgehead atoms. The number of aromatic hydroxyl groups is 2. The molecule has 5 heteroatoms. The Morgan fingerprint density at radius 3 is 2.47 bits per heavy atom. The first-order valence-electron chi connectivity index (χ1n) is 4.28. The average Bonchev–Trinajstić information content (AvgIpc) is 2.23. The maximum absolute atomic E-state index is 9.55. The summed E-state index contributed by atoms with van der Waals surface area (Å²) in [5.74, 6) is 0.395. The van der Waals surface area contributed by atoms with Gasteiger partial charge in [0.1, 0.15) is 17.3 Å². The fourth-order valence-electron chi connectivity index (χ4n) is 1.22. The predicted molar refractivity (Wildman–Crippen MR) is 55.2 cm³/mol. The molecular formula is C10H9N3O2. The van der Waals surface area contributed by atoms with Crippen LogP contribution in [-0.4, -0.2) is 20.4 Å². The molecule has 0 saturated carbocycles. The molecule has 2 aromatic rings. The smallest absolute Gasteiger partial charge is 0.146 e. The average molecular weight is 203 g/mol. The van der Waals surface area contributed by atoms with Gasteiger partial charge in [0, 0.05) is 5.56 Å². The fraction of sp³-hybridized carbons (Fsp3) is 0. The summed E-state index contributed by atoms with van der Waals surface area (Å²) < 4.78 is 0. The highest BCUT2D eigenvalue weighted by molar-refractivity contribution is 5.68. The highest BCUT2D eigenvalue weighted by atomic mass is 16.3. The lowest BCUT2D eigenvalue weighted by Crippen LogP contribution is -1.93. The topological polar surface area (TPSA) is 92.3 Å². The van der Waals surface area contributed by atoms with E-state index in [0.717, 1.165) is 0 Å². The van der Waals surface area contributed by atoms with E-state index in [-0.39, 0.29) is 11.5 Å². The van der Waals surface area contributed by atoms with Crippen molar-refractivity contribution in [2.45, 2.75) is 0 Å². The molecule has 0 radical (unpaired) electrons. The van der Waals surface area contributed by atoms with Crippen LogP contribution in [0.25, 0.3) is 11.3 Å². The van der Waals surface area contributed by atoms with E-state index in [4.69, 9.17) is 5.73 Å². The molecule has 1 aromatic carbocycles. The molecule has 0 atom stereocenters. The van der Waals surface area contributed by atoms with Crippen LogP contribution in [0.4, 0.5) is 5.82 Å². The van der Waals surface area contributed by atoms with Gasteiger partial charge in [0.15, 0.2) is 0 Å². The molecule has 0 aliphatic carbocycles. The SMILES string of the molecule is Nc1ccc(-c2cc(O)ccc2O)nn1. The van der Waals surface area contributed by atoms with E-state index in [2.05, 4.69) is 10.2 Å². The van der Waals surface area contributed by atoms with Gasteiger partial charge in [-0.05, 0) is 30.3 Å². The van der Waals surface area contributed by atoms with Crippen molar-refractivity contribution in [3.63, 3.8) is 0 Å². The Balaban J connectivity index is 2.53. The quantitative estimate of drug-likeness (QED) is 0.604. The maximum atomic E-state index is 9.55. The molecule has 0 unspecified atom stereocenters. The van der Waals surface area contributed by atoms with Gasteiger partial charge in [-0.3, -0.25) is 0 Å². The Morgan fingerprint density at radius 2 is 1.80 bits per heavy atom. The highest BCUT2D eigenvalue weighted by Crippen LogP contribution is 2.30. The number of anilines is 1. The first-order valence-corrected chi connectivity index (χ1v) is 4.28. The second-order valence-corrected chi connectivity index (χ2v) is 3.04. The van der Waals surface area contributed by atoms with E-state index in [1.54, 1.807) is 12.1 Å². The number of rotatable bonds is 1. The van der Waals surface area contributed by atoms with Gasteiger partial charge in [0.2, 0.25) is 0 Å². The van der Waals surface area contributed by atoms with Gasteiger partial charge in [-0.15, -0.1) is 10.2 Å². The molecule has 0 aliphatic rings. The molecule has 76 valence electrons. The highest BCUT2D eigenvalue weighted by Gasteiger charge is 2.06. The van der Waals surface area contributed by atoms with Crippen molar-refractivity contribution < 1.29 is 10.2 Å². The number of nitrogens with zero attached hydrogens (tertiary/aromatic N) is 2. The molecule has 0 aliphatic heterocycles. The first kappa shape index (κ1) is 9.26. The van der Waals surface area contributed by atoms with E-state index in [1.165, 1.54) is 18.2 Å². The minimum absolute atomic E-state index is 0.0341. The second kappa shape index (κ2) is 3.45. The number of phenols is 2. The van der Waals surface area contributed by atoms with Crippen LogP contribution in [0.1, 0.15) is 0 Å². The number of hydrogen-bond donors (Lipinski definition) is 3. The Morgan fingerprint density at radius 1 is 1.00 bits per heavy atom. The molecule has 15 heavy (non-hydrogen) atoms. The van der Waals surface area contributed by atoms with Gasteiger partial charge < -0.3 is 15.9 Å². The zero-order valence-corrected chi connectivity index (χ0v) is 7.75. The monoisotopic (exact) mass is 203 g/mol. The summed E-state index contributed by atoms with van der Waals surface area (Å²) in [6, 6.07) is 7.39. The molecule has 0 spiro atoms. The molecule has 4 N–H and O–H groups in total. The van der Waals surface area contributed by atoms with Crippen LogP contribution in [0, 0.1) is 0 Å². The van der Waals surface area contributed by atoms with E-state index >= 15 is 0 Å². The van der Waals surface area contributed by atoms with Crippen LogP contribution in [0.15, 0.2) is 30.3 Å². The van der Waals surface area contributed by atoms with Crippen molar-refractivity contribution in [3.8, 4) is 22.8 Å². The summed E-state index contributed by atoms with van der Waals surface area (Å²) in [5.41, 5.74) is 6.26. The van der Waals surface area contributed by atoms with E-state index in [1.807, 2.05) is 0 Å². The summed E-state index contributed by atoms with van der Waals surface area (Å²) in [4.78, 5) is 0. The third-order valence-electron chi connectivity index (χ3n) is 1.94. The third-order valence-corrected chi connectivity index (χ3v) is 1.94. The number of phenolic OH excluding ortho intramolecular Hbond substituents is 2. The van der Waals surface area contributed by atoms with Crippen LogP contribution in [0.2, 0.25) is 0 Å². The fourth-order valence-corrected chi connectivity index (χ4v) is 1.22. The third kappa shape index (κ3) is 1.80. The van der Waals surface area contributed by atoms with Gasteiger partial charge >= 0.3 is 0 Å². The van der Waals surface area contributed by atoms with Crippen LogP contribution < -0.4 is 5.73 Å². The van der Waals surface area contributed by atoms with Crippen molar-refractivity contribution in [1.29, 1.82) is 0 Å². The minimum atomic E-state index is 0.0341. The number of nitrogen functional groups attached to an aromatic ring is 1. The second-order valence-electron chi connectivity index (χ2n) is 3.04. The normalized spacial score (nSPS) is 10.1. The predicted octanol–water partition coefficient (Wildman–Crippen LogP) is 1.14. The Hall–Kier alpha value is -2.30. The van der Waals surface area contributed by atoms with Crippen molar-refractivity contribution >= 4 is 5.82 Å². The van der Waals surface area contributed by atoms with Crippen molar-refractivity contribution in [3.05, 3.63) is 30.3 Å². The largest absolute Gasteiger partial charge is 0.508 e. The van der Waals surface area contributed by atoms with Gasteiger partial charge in [-0.1, -0.05) is 0 Å². The molecule has 5 nitrogen and oxygen atoms in total. The molecular weight excluding hydrogens is 194 g/mol. The molecule has 0 amide bonds. The Bertz CT molecular complexity index is 483. The van der Waals surface area contributed by atoms with Crippen molar-refractivity contribution in [2.24, 2.45) is 0 Å². The van der Waals surface area contributed by atoms with Crippen LogP contribution >= 0.6 is 0 Å². The summed E-state index contributed by atoms with van der Waals surface area (Å²) in [5, 5.41) is 26.3. The zero-order valence-electron chi connectivity index (χ0n) is 7.75.